The number of likely N-dealkylation sites (tertiary alicyclic amines) is 1. The molecule has 0 saturated carbocycles. The van der Waals surface area contributed by atoms with Crippen LogP contribution in [0.5, 0.6) is 0 Å². The maximum absolute atomic E-state index is 12.4. The molecule has 1 fully saturated rings. The van der Waals surface area contributed by atoms with Crippen molar-refractivity contribution in [2.75, 3.05) is 13.1 Å². The van der Waals surface area contributed by atoms with E-state index in [0.717, 1.165) is 23.4 Å². The van der Waals surface area contributed by atoms with Crippen LogP contribution in [0.4, 0.5) is 0 Å². The van der Waals surface area contributed by atoms with E-state index in [-0.39, 0.29) is 11.8 Å². The van der Waals surface area contributed by atoms with Crippen LogP contribution in [0.3, 0.4) is 0 Å². The number of rotatable bonds is 4. The zero-order valence-corrected chi connectivity index (χ0v) is 13.9. The SMILES string of the molecule is O=C(c1cccs1)N1CCC(c2nnc(Cc3ccccc3)o2)C1. The number of hydrogen-bond acceptors (Lipinski definition) is 5. The zero-order chi connectivity index (χ0) is 16.4. The fourth-order valence-corrected chi connectivity index (χ4v) is 3.67. The maximum atomic E-state index is 12.4. The van der Waals surface area contributed by atoms with E-state index in [1.165, 1.54) is 11.3 Å². The summed E-state index contributed by atoms with van der Waals surface area (Å²) in [5.41, 5.74) is 1.15. The van der Waals surface area contributed by atoms with Crippen molar-refractivity contribution in [3.05, 3.63) is 70.1 Å². The second-order valence-corrected chi connectivity index (χ2v) is 6.86. The van der Waals surface area contributed by atoms with Crippen LogP contribution < -0.4 is 0 Å². The number of amides is 1. The van der Waals surface area contributed by atoms with Gasteiger partial charge in [-0.15, -0.1) is 21.5 Å². The van der Waals surface area contributed by atoms with Gasteiger partial charge >= 0.3 is 0 Å². The lowest BCUT2D eigenvalue weighted by Gasteiger charge is -2.14. The number of nitrogens with zero attached hydrogens (tertiary/aromatic N) is 3. The third kappa shape index (κ3) is 3.10. The molecule has 2 aromatic heterocycles. The largest absolute Gasteiger partial charge is 0.425 e. The Morgan fingerprint density at radius 2 is 2.08 bits per heavy atom. The van der Waals surface area contributed by atoms with Gasteiger partial charge in [0.2, 0.25) is 11.8 Å². The summed E-state index contributed by atoms with van der Waals surface area (Å²) in [6, 6.07) is 13.8. The summed E-state index contributed by atoms with van der Waals surface area (Å²) in [7, 11) is 0. The number of benzene rings is 1. The van der Waals surface area contributed by atoms with Crippen molar-refractivity contribution < 1.29 is 9.21 Å². The van der Waals surface area contributed by atoms with Gasteiger partial charge in [-0.3, -0.25) is 4.79 Å². The van der Waals surface area contributed by atoms with Crippen molar-refractivity contribution in [1.29, 1.82) is 0 Å². The molecule has 0 N–H and O–H groups in total. The number of carbonyl (C=O) groups is 1. The second-order valence-electron chi connectivity index (χ2n) is 5.91. The molecule has 0 radical (unpaired) electrons. The first-order valence-electron chi connectivity index (χ1n) is 7.98. The van der Waals surface area contributed by atoms with E-state index in [1.54, 1.807) is 0 Å². The van der Waals surface area contributed by atoms with Gasteiger partial charge in [0.1, 0.15) is 0 Å². The van der Waals surface area contributed by atoms with Crippen LogP contribution in [0.1, 0.15) is 39.4 Å². The van der Waals surface area contributed by atoms with Gasteiger partial charge in [0.15, 0.2) is 0 Å². The molecule has 1 aliphatic heterocycles. The first-order valence-corrected chi connectivity index (χ1v) is 8.86. The highest BCUT2D eigenvalue weighted by atomic mass is 32.1. The molecule has 1 atom stereocenters. The Morgan fingerprint density at radius 3 is 2.88 bits per heavy atom. The number of aromatic nitrogens is 2. The third-order valence-corrected chi connectivity index (χ3v) is 5.10. The Labute approximate surface area is 143 Å². The third-order valence-electron chi connectivity index (χ3n) is 4.24. The zero-order valence-electron chi connectivity index (χ0n) is 13.1. The number of hydrogen-bond donors (Lipinski definition) is 0. The van der Waals surface area contributed by atoms with Crippen molar-refractivity contribution in [1.82, 2.24) is 15.1 Å². The highest BCUT2D eigenvalue weighted by Gasteiger charge is 2.31. The normalized spacial score (nSPS) is 17.3. The molecule has 3 aromatic rings. The van der Waals surface area contributed by atoms with Gasteiger partial charge in [-0.05, 0) is 23.4 Å². The first-order chi connectivity index (χ1) is 11.8. The molecule has 1 unspecified atom stereocenters. The molecular weight excluding hydrogens is 322 g/mol. The maximum Gasteiger partial charge on any atom is 0.263 e. The van der Waals surface area contributed by atoms with Gasteiger partial charge in [-0.2, -0.15) is 0 Å². The molecule has 1 amide bonds. The average Bonchev–Trinajstić information content (AvgIpc) is 3.36. The molecule has 1 aliphatic rings. The summed E-state index contributed by atoms with van der Waals surface area (Å²) in [4.78, 5) is 15.1. The van der Waals surface area contributed by atoms with Crippen molar-refractivity contribution in [3.8, 4) is 0 Å². The molecule has 0 aliphatic carbocycles. The van der Waals surface area contributed by atoms with E-state index in [2.05, 4.69) is 10.2 Å². The van der Waals surface area contributed by atoms with Gasteiger partial charge in [-0.1, -0.05) is 36.4 Å². The van der Waals surface area contributed by atoms with Gasteiger partial charge < -0.3 is 9.32 Å². The summed E-state index contributed by atoms with van der Waals surface area (Å²) < 4.78 is 5.83. The van der Waals surface area contributed by atoms with Gasteiger partial charge in [-0.25, -0.2) is 0 Å². The molecule has 6 heteroatoms. The highest BCUT2D eigenvalue weighted by molar-refractivity contribution is 7.12. The van der Waals surface area contributed by atoms with E-state index < -0.39 is 0 Å². The monoisotopic (exact) mass is 339 g/mol. The molecule has 4 rings (SSSR count). The minimum Gasteiger partial charge on any atom is -0.425 e. The molecule has 1 aromatic carbocycles. The quantitative estimate of drug-likeness (QED) is 0.731. The molecule has 1 saturated heterocycles. The summed E-state index contributed by atoms with van der Waals surface area (Å²) >= 11 is 1.48. The van der Waals surface area contributed by atoms with E-state index in [9.17, 15) is 4.79 Å². The van der Waals surface area contributed by atoms with Crippen LogP contribution in [0.2, 0.25) is 0 Å². The molecule has 24 heavy (non-hydrogen) atoms. The summed E-state index contributed by atoms with van der Waals surface area (Å²) in [6.45, 7) is 1.38. The Kier molecular flexibility index (Phi) is 4.13. The predicted molar refractivity (Wildman–Crippen MR) is 91.1 cm³/mol. The van der Waals surface area contributed by atoms with E-state index in [0.29, 0.717) is 24.7 Å². The Balaban J connectivity index is 1.41. The van der Waals surface area contributed by atoms with E-state index in [1.807, 2.05) is 52.7 Å². The number of thiophene rings is 1. The van der Waals surface area contributed by atoms with Crippen molar-refractivity contribution >= 4 is 17.2 Å². The minimum atomic E-state index is 0.0940. The Hall–Kier alpha value is -2.47. The second kappa shape index (κ2) is 6.57. The van der Waals surface area contributed by atoms with Crippen LogP contribution >= 0.6 is 11.3 Å². The summed E-state index contributed by atoms with van der Waals surface area (Å²) in [5.74, 6) is 1.49. The van der Waals surface area contributed by atoms with Gasteiger partial charge in [0.25, 0.3) is 5.91 Å². The summed E-state index contributed by atoms with van der Waals surface area (Å²) in [5, 5.41) is 10.3. The number of carbonyl (C=O) groups excluding carboxylic acids is 1. The van der Waals surface area contributed by atoms with Gasteiger partial charge in [0.05, 0.1) is 17.2 Å². The van der Waals surface area contributed by atoms with Crippen LogP contribution in [0, 0.1) is 0 Å². The Morgan fingerprint density at radius 1 is 1.21 bits per heavy atom. The fraction of sp³-hybridized carbons (Fsp3) is 0.278. The Bertz CT molecular complexity index is 814. The van der Waals surface area contributed by atoms with Gasteiger partial charge in [0, 0.05) is 13.1 Å². The predicted octanol–water partition coefficient (Wildman–Crippen LogP) is 3.35. The molecule has 3 heterocycles. The van der Waals surface area contributed by atoms with Crippen molar-refractivity contribution in [2.45, 2.75) is 18.8 Å². The standard InChI is InChI=1S/C18H17N3O2S/c22-18(15-7-4-10-24-15)21-9-8-14(12-21)17-20-19-16(23-17)11-13-5-2-1-3-6-13/h1-7,10,14H,8-9,11-12H2. The molecular formula is C18H17N3O2S. The average molecular weight is 339 g/mol. The first kappa shape index (κ1) is 15.1. The lowest BCUT2D eigenvalue weighted by Crippen LogP contribution is -2.27. The van der Waals surface area contributed by atoms with Crippen LogP contribution in [0.15, 0.2) is 52.3 Å². The van der Waals surface area contributed by atoms with Crippen LogP contribution in [0.25, 0.3) is 0 Å². The minimum absolute atomic E-state index is 0.0940. The topological polar surface area (TPSA) is 59.2 Å². The smallest absolute Gasteiger partial charge is 0.263 e. The fourth-order valence-electron chi connectivity index (χ4n) is 2.98. The molecule has 122 valence electrons. The molecule has 5 nitrogen and oxygen atoms in total. The van der Waals surface area contributed by atoms with Crippen molar-refractivity contribution in [2.24, 2.45) is 0 Å². The van der Waals surface area contributed by atoms with E-state index >= 15 is 0 Å². The van der Waals surface area contributed by atoms with Crippen LogP contribution in [-0.4, -0.2) is 34.1 Å². The van der Waals surface area contributed by atoms with Crippen molar-refractivity contribution in [3.63, 3.8) is 0 Å². The van der Waals surface area contributed by atoms with Crippen LogP contribution in [-0.2, 0) is 6.42 Å². The highest BCUT2D eigenvalue weighted by Crippen LogP contribution is 2.28. The summed E-state index contributed by atoms with van der Waals surface area (Å²) in [6.07, 6.45) is 1.50. The molecule has 0 bridgehead atoms. The van der Waals surface area contributed by atoms with E-state index in [4.69, 9.17) is 4.42 Å². The lowest BCUT2D eigenvalue weighted by molar-refractivity contribution is 0.0794. The lowest BCUT2D eigenvalue weighted by atomic mass is 10.1. The molecule has 0 spiro atoms.